The standard InChI is InChI=1S/C14H23O3P/c1-5-8-13(17-18(15)16)11-9-6-7-10-12(11)14(2,3)4/h6-7,9-10,13,15-16H,5,8H2,1-4H3. The van der Waals surface area contributed by atoms with Crippen molar-refractivity contribution in [2.24, 2.45) is 0 Å². The van der Waals surface area contributed by atoms with Gasteiger partial charge in [-0.3, -0.25) is 0 Å². The Morgan fingerprint density at radius 2 is 1.83 bits per heavy atom. The van der Waals surface area contributed by atoms with E-state index in [1.807, 2.05) is 18.2 Å². The van der Waals surface area contributed by atoms with Crippen LogP contribution in [0.5, 0.6) is 0 Å². The summed E-state index contributed by atoms with van der Waals surface area (Å²) < 4.78 is 5.29. The molecular formula is C14H23O3P. The first kappa shape index (κ1) is 15.6. The van der Waals surface area contributed by atoms with Crippen LogP contribution in [0.15, 0.2) is 24.3 Å². The highest BCUT2D eigenvalue weighted by Crippen LogP contribution is 2.40. The maximum absolute atomic E-state index is 9.10. The van der Waals surface area contributed by atoms with E-state index in [1.165, 1.54) is 5.56 Å². The Labute approximate surface area is 111 Å². The van der Waals surface area contributed by atoms with E-state index in [4.69, 9.17) is 14.3 Å². The molecule has 0 aromatic heterocycles. The molecule has 4 heteroatoms. The molecule has 1 atom stereocenters. The van der Waals surface area contributed by atoms with Crippen molar-refractivity contribution in [1.82, 2.24) is 0 Å². The summed E-state index contributed by atoms with van der Waals surface area (Å²) in [6.07, 6.45) is 1.48. The first-order chi connectivity index (χ1) is 8.36. The molecule has 0 aliphatic rings. The van der Waals surface area contributed by atoms with Gasteiger partial charge in [0.2, 0.25) is 0 Å². The second-order valence-electron chi connectivity index (χ2n) is 5.47. The zero-order valence-corrected chi connectivity index (χ0v) is 12.4. The highest BCUT2D eigenvalue weighted by Gasteiger charge is 2.24. The number of rotatable bonds is 5. The minimum Gasteiger partial charge on any atom is -0.328 e. The van der Waals surface area contributed by atoms with Crippen molar-refractivity contribution < 1.29 is 14.3 Å². The molecule has 0 saturated carbocycles. The minimum atomic E-state index is -2.32. The Balaban J connectivity index is 3.11. The van der Waals surface area contributed by atoms with Crippen LogP contribution in [-0.4, -0.2) is 9.79 Å². The second-order valence-corrected chi connectivity index (χ2v) is 6.19. The highest BCUT2D eigenvalue weighted by atomic mass is 31.2. The quantitative estimate of drug-likeness (QED) is 0.793. The molecule has 1 rings (SSSR count). The molecule has 0 radical (unpaired) electrons. The molecule has 0 aliphatic carbocycles. The average Bonchev–Trinajstić information content (AvgIpc) is 2.27. The predicted molar refractivity (Wildman–Crippen MR) is 75.2 cm³/mol. The topological polar surface area (TPSA) is 49.7 Å². The molecule has 0 spiro atoms. The summed E-state index contributed by atoms with van der Waals surface area (Å²) in [7, 11) is -2.32. The zero-order valence-electron chi connectivity index (χ0n) is 11.6. The van der Waals surface area contributed by atoms with E-state index >= 15 is 0 Å². The lowest BCUT2D eigenvalue weighted by molar-refractivity contribution is 0.161. The molecule has 102 valence electrons. The first-order valence-electron chi connectivity index (χ1n) is 6.30. The Hall–Kier alpha value is -0.470. The molecule has 0 fully saturated rings. The Bertz CT molecular complexity index is 372. The lowest BCUT2D eigenvalue weighted by atomic mass is 9.82. The molecule has 3 nitrogen and oxygen atoms in total. The third kappa shape index (κ3) is 4.33. The predicted octanol–water partition coefficient (Wildman–Crippen LogP) is 4.05. The van der Waals surface area contributed by atoms with Crippen molar-refractivity contribution in [1.29, 1.82) is 0 Å². The van der Waals surface area contributed by atoms with Crippen molar-refractivity contribution in [3.8, 4) is 0 Å². The van der Waals surface area contributed by atoms with Crippen LogP contribution in [0.3, 0.4) is 0 Å². The van der Waals surface area contributed by atoms with Gasteiger partial charge in [0, 0.05) is 0 Å². The number of hydrogen-bond acceptors (Lipinski definition) is 3. The van der Waals surface area contributed by atoms with Crippen LogP contribution in [0.25, 0.3) is 0 Å². The van der Waals surface area contributed by atoms with Gasteiger partial charge in [0.15, 0.2) is 0 Å². The van der Waals surface area contributed by atoms with E-state index in [0.717, 1.165) is 18.4 Å². The van der Waals surface area contributed by atoms with E-state index in [2.05, 4.69) is 33.8 Å². The van der Waals surface area contributed by atoms with Crippen LogP contribution < -0.4 is 0 Å². The molecule has 1 unspecified atom stereocenters. The van der Waals surface area contributed by atoms with Crippen molar-refractivity contribution in [3.63, 3.8) is 0 Å². The minimum absolute atomic E-state index is 0.0135. The summed E-state index contributed by atoms with van der Waals surface area (Å²) in [6, 6.07) is 8.07. The van der Waals surface area contributed by atoms with E-state index in [-0.39, 0.29) is 11.5 Å². The zero-order chi connectivity index (χ0) is 13.8. The third-order valence-corrected chi connectivity index (χ3v) is 3.33. The van der Waals surface area contributed by atoms with Gasteiger partial charge in [-0.2, -0.15) is 0 Å². The van der Waals surface area contributed by atoms with Gasteiger partial charge in [-0.1, -0.05) is 58.4 Å². The van der Waals surface area contributed by atoms with Crippen molar-refractivity contribution in [3.05, 3.63) is 35.4 Å². The Morgan fingerprint density at radius 3 is 2.33 bits per heavy atom. The Kier molecular flexibility index (Phi) is 5.74. The fourth-order valence-electron chi connectivity index (χ4n) is 2.10. The molecule has 0 amide bonds. The van der Waals surface area contributed by atoms with E-state index in [0.29, 0.717) is 0 Å². The Morgan fingerprint density at radius 1 is 1.22 bits per heavy atom. The molecule has 2 N–H and O–H groups in total. The van der Waals surface area contributed by atoms with E-state index < -0.39 is 8.60 Å². The fourth-order valence-corrected chi connectivity index (χ4v) is 2.55. The average molecular weight is 270 g/mol. The van der Waals surface area contributed by atoms with E-state index in [1.54, 1.807) is 0 Å². The first-order valence-corrected chi connectivity index (χ1v) is 7.46. The van der Waals surface area contributed by atoms with Crippen LogP contribution in [0.1, 0.15) is 57.8 Å². The van der Waals surface area contributed by atoms with Gasteiger partial charge in [-0.25, -0.2) is 0 Å². The SMILES string of the molecule is CCCC(OP(O)O)c1ccccc1C(C)(C)C. The van der Waals surface area contributed by atoms with Crippen LogP contribution in [0, 0.1) is 0 Å². The van der Waals surface area contributed by atoms with Crippen molar-refractivity contribution in [2.45, 2.75) is 52.1 Å². The van der Waals surface area contributed by atoms with Gasteiger partial charge in [0.1, 0.15) is 0 Å². The lowest BCUT2D eigenvalue weighted by Gasteiger charge is -2.27. The summed E-state index contributed by atoms with van der Waals surface area (Å²) in [5.74, 6) is 0. The number of hydrogen-bond donors (Lipinski definition) is 2. The lowest BCUT2D eigenvalue weighted by Crippen LogP contribution is -2.16. The molecule has 0 saturated heterocycles. The molecule has 18 heavy (non-hydrogen) atoms. The van der Waals surface area contributed by atoms with Gasteiger partial charge < -0.3 is 14.3 Å². The smallest absolute Gasteiger partial charge is 0.327 e. The summed E-state index contributed by atoms with van der Waals surface area (Å²) in [5, 5.41) is 0. The summed E-state index contributed by atoms with van der Waals surface area (Å²) in [6.45, 7) is 8.51. The van der Waals surface area contributed by atoms with Crippen LogP contribution in [0.4, 0.5) is 0 Å². The highest BCUT2D eigenvalue weighted by molar-refractivity contribution is 7.39. The van der Waals surface area contributed by atoms with Gasteiger partial charge in [-0.05, 0) is 23.0 Å². The maximum atomic E-state index is 9.10. The summed E-state index contributed by atoms with van der Waals surface area (Å²) >= 11 is 0. The monoisotopic (exact) mass is 270 g/mol. The summed E-state index contributed by atoms with van der Waals surface area (Å²) in [4.78, 5) is 18.2. The normalized spacial score (nSPS) is 13.9. The van der Waals surface area contributed by atoms with Gasteiger partial charge in [0.05, 0.1) is 6.10 Å². The number of benzene rings is 1. The van der Waals surface area contributed by atoms with Gasteiger partial charge >= 0.3 is 8.60 Å². The van der Waals surface area contributed by atoms with Crippen molar-refractivity contribution >= 4 is 8.60 Å². The van der Waals surface area contributed by atoms with Gasteiger partial charge in [0.25, 0.3) is 0 Å². The van der Waals surface area contributed by atoms with Crippen molar-refractivity contribution in [2.75, 3.05) is 0 Å². The maximum Gasteiger partial charge on any atom is 0.327 e. The molecule has 0 heterocycles. The van der Waals surface area contributed by atoms with E-state index in [9.17, 15) is 0 Å². The fraction of sp³-hybridized carbons (Fsp3) is 0.571. The molecular weight excluding hydrogens is 247 g/mol. The second kappa shape index (κ2) is 6.63. The van der Waals surface area contributed by atoms with Gasteiger partial charge in [-0.15, -0.1) is 0 Å². The molecule has 0 aliphatic heterocycles. The van der Waals surface area contributed by atoms with Crippen LogP contribution in [0.2, 0.25) is 0 Å². The van der Waals surface area contributed by atoms with Crippen LogP contribution >= 0.6 is 8.60 Å². The molecule has 0 bridgehead atoms. The molecule has 1 aromatic rings. The summed E-state index contributed by atoms with van der Waals surface area (Å²) in [5.41, 5.74) is 2.27. The largest absolute Gasteiger partial charge is 0.328 e. The third-order valence-electron chi connectivity index (χ3n) is 2.89. The molecule has 1 aromatic carbocycles. The van der Waals surface area contributed by atoms with Crippen LogP contribution in [-0.2, 0) is 9.94 Å².